The molecule has 1 aliphatic rings. The van der Waals surface area contributed by atoms with E-state index in [0.717, 1.165) is 31.1 Å². The normalized spacial score (nSPS) is 22.8. The third kappa shape index (κ3) is 2.67. The number of nitrogens with one attached hydrogen (secondary N) is 1. The Morgan fingerprint density at radius 3 is 2.90 bits per heavy atom. The summed E-state index contributed by atoms with van der Waals surface area (Å²) in [4.78, 5) is 10.8. The molecule has 0 aromatic carbocycles. The van der Waals surface area contributed by atoms with Crippen LogP contribution in [0.3, 0.4) is 0 Å². The standard InChI is InChI=1S/C15H25N5S/c1-5-16-8-12-14(17-15-20(12)6-7-21-15)19-9-11(2)13(10-19)18(3)4/h6-7,11,13,16H,5,8-10H2,1-4H3. The number of fused-ring (bicyclic) bond motifs is 1. The highest BCUT2D eigenvalue weighted by Crippen LogP contribution is 2.30. The van der Waals surface area contributed by atoms with Gasteiger partial charge in [0.25, 0.3) is 0 Å². The lowest BCUT2D eigenvalue weighted by molar-refractivity contribution is 0.266. The molecule has 3 heterocycles. The molecule has 0 radical (unpaired) electrons. The van der Waals surface area contributed by atoms with Crippen LogP contribution in [-0.2, 0) is 6.54 Å². The van der Waals surface area contributed by atoms with Crippen molar-refractivity contribution >= 4 is 22.1 Å². The Labute approximate surface area is 130 Å². The van der Waals surface area contributed by atoms with Gasteiger partial charge in [-0.15, -0.1) is 11.3 Å². The lowest BCUT2D eigenvalue weighted by atomic mass is 10.1. The van der Waals surface area contributed by atoms with Gasteiger partial charge in [-0.05, 0) is 26.6 Å². The van der Waals surface area contributed by atoms with Crippen LogP contribution < -0.4 is 10.2 Å². The summed E-state index contributed by atoms with van der Waals surface area (Å²) in [5.74, 6) is 1.84. The zero-order valence-corrected chi connectivity index (χ0v) is 14.2. The highest BCUT2D eigenvalue weighted by molar-refractivity contribution is 7.15. The van der Waals surface area contributed by atoms with Crippen molar-refractivity contribution in [3.63, 3.8) is 0 Å². The van der Waals surface area contributed by atoms with Crippen molar-refractivity contribution in [1.82, 2.24) is 19.6 Å². The van der Waals surface area contributed by atoms with E-state index in [1.165, 1.54) is 11.5 Å². The predicted molar refractivity (Wildman–Crippen MR) is 89.3 cm³/mol. The molecule has 21 heavy (non-hydrogen) atoms. The second-order valence-electron chi connectivity index (χ2n) is 6.13. The first-order valence-corrected chi connectivity index (χ1v) is 8.56. The average Bonchev–Trinajstić information content (AvgIpc) is 3.09. The minimum absolute atomic E-state index is 0.608. The van der Waals surface area contributed by atoms with Crippen molar-refractivity contribution < 1.29 is 0 Å². The van der Waals surface area contributed by atoms with Gasteiger partial charge in [-0.1, -0.05) is 13.8 Å². The molecule has 5 nitrogen and oxygen atoms in total. The molecule has 6 heteroatoms. The number of likely N-dealkylation sites (N-methyl/N-ethyl adjacent to an activating group) is 1. The lowest BCUT2D eigenvalue weighted by Crippen LogP contribution is -2.34. The number of aromatic nitrogens is 2. The number of hydrogen-bond donors (Lipinski definition) is 1. The molecule has 2 aromatic rings. The molecule has 2 aromatic heterocycles. The number of rotatable bonds is 5. The zero-order valence-electron chi connectivity index (χ0n) is 13.3. The molecular formula is C15H25N5S. The van der Waals surface area contributed by atoms with Crippen molar-refractivity contribution in [2.45, 2.75) is 26.4 Å². The molecule has 0 aliphatic carbocycles. The average molecular weight is 307 g/mol. The second kappa shape index (κ2) is 5.94. The Morgan fingerprint density at radius 2 is 2.24 bits per heavy atom. The van der Waals surface area contributed by atoms with Gasteiger partial charge in [0, 0.05) is 37.3 Å². The molecule has 2 unspecified atom stereocenters. The Bertz CT molecular complexity index is 602. The van der Waals surface area contributed by atoms with Crippen molar-refractivity contribution in [3.8, 4) is 0 Å². The van der Waals surface area contributed by atoms with E-state index in [0.29, 0.717) is 12.0 Å². The molecule has 0 saturated carbocycles. The van der Waals surface area contributed by atoms with Crippen molar-refractivity contribution in [1.29, 1.82) is 0 Å². The summed E-state index contributed by atoms with van der Waals surface area (Å²) in [6, 6.07) is 0.608. The summed E-state index contributed by atoms with van der Waals surface area (Å²) in [5, 5.41) is 5.56. The Kier molecular flexibility index (Phi) is 4.19. The largest absolute Gasteiger partial charge is 0.353 e. The minimum Gasteiger partial charge on any atom is -0.353 e. The van der Waals surface area contributed by atoms with Crippen molar-refractivity contribution in [3.05, 3.63) is 17.3 Å². The van der Waals surface area contributed by atoms with E-state index < -0.39 is 0 Å². The molecule has 116 valence electrons. The summed E-state index contributed by atoms with van der Waals surface area (Å²) < 4.78 is 2.23. The van der Waals surface area contributed by atoms with E-state index in [1.54, 1.807) is 11.3 Å². The van der Waals surface area contributed by atoms with E-state index in [9.17, 15) is 0 Å². The summed E-state index contributed by atoms with van der Waals surface area (Å²) in [6.45, 7) is 8.50. The number of nitrogens with zero attached hydrogens (tertiary/aromatic N) is 4. The highest BCUT2D eigenvalue weighted by atomic mass is 32.1. The van der Waals surface area contributed by atoms with Crippen LogP contribution >= 0.6 is 11.3 Å². The van der Waals surface area contributed by atoms with Crippen LogP contribution in [0, 0.1) is 5.92 Å². The molecule has 0 bridgehead atoms. The van der Waals surface area contributed by atoms with Gasteiger partial charge in [-0.2, -0.15) is 0 Å². The van der Waals surface area contributed by atoms with E-state index >= 15 is 0 Å². The third-order valence-corrected chi connectivity index (χ3v) is 5.17. The van der Waals surface area contributed by atoms with Gasteiger partial charge in [-0.3, -0.25) is 4.40 Å². The summed E-state index contributed by atoms with van der Waals surface area (Å²) in [5.41, 5.74) is 1.29. The minimum atomic E-state index is 0.608. The van der Waals surface area contributed by atoms with E-state index in [4.69, 9.17) is 4.98 Å². The fourth-order valence-electron chi connectivity index (χ4n) is 3.28. The summed E-state index contributed by atoms with van der Waals surface area (Å²) in [6.07, 6.45) is 2.13. The maximum atomic E-state index is 4.88. The topological polar surface area (TPSA) is 35.8 Å². The molecule has 1 fully saturated rings. The van der Waals surface area contributed by atoms with E-state index in [1.807, 2.05) is 0 Å². The molecule has 0 amide bonds. The smallest absolute Gasteiger partial charge is 0.195 e. The van der Waals surface area contributed by atoms with Crippen molar-refractivity contribution in [2.75, 3.05) is 38.6 Å². The zero-order chi connectivity index (χ0) is 15.0. The second-order valence-corrected chi connectivity index (χ2v) is 7.00. The Morgan fingerprint density at radius 1 is 1.43 bits per heavy atom. The van der Waals surface area contributed by atoms with E-state index in [-0.39, 0.29) is 0 Å². The first-order chi connectivity index (χ1) is 10.1. The molecule has 1 saturated heterocycles. The fraction of sp³-hybridized carbons (Fsp3) is 0.667. The van der Waals surface area contributed by atoms with Crippen LogP contribution in [0.2, 0.25) is 0 Å². The van der Waals surface area contributed by atoms with E-state index in [2.05, 4.69) is 59.0 Å². The summed E-state index contributed by atoms with van der Waals surface area (Å²) >= 11 is 1.71. The maximum Gasteiger partial charge on any atom is 0.195 e. The SMILES string of the molecule is CCNCc1c(N2CC(C)C(N(C)C)C2)nc2sccn12. The number of thiazole rings is 1. The fourth-order valence-corrected chi connectivity index (χ4v) is 4.00. The molecular weight excluding hydrogens is 282 g/mol. The lowest BCUT2D eigenvalue weighted by Gasteiger charge is -2.22. The van der Waals surface area contributed by atoms with Gasteiger partial charge < -0.3 is 15.1 Å². The van der Waals surface area contributed by atoms with Gasteiger partial charge in [0.1, 0.15) is 0 Å². The molecule has 0 spiro atoms. The highest BCUT2D eigenvalue weighted by Gasteiger charge is 2.33. The Balaban J connectivity index is 1.91. The van der Waals surface area contributed by atoms with Gasteiger partial charge in [-0.25, -0.2) is 4.98 Å². The van der Waals surface area contributed by atoms with Crippen molar-refractivity contribution in [2.24, 2.45) is 5.92 Å². The van der Waals surface area contributed by atoms with Crippen LogP contribution in [0.1, 0.15) is 19.5 Å². The molecule has 3 rings (SSSR count). The quantitative estimate of drug-likeness (QED) is 0.915. The molecule has 2 atom stereocenters. The summed E-state index contributed by atoms with van der Waals surface area (Å²) in [7, 11) is 4.35. The number of imidazole rings is 1. The van der Waals surface area contributed by atoms with Crippen LogP contribution in [-0.4, -0.2) is 54.1 Å². The van der Waals surface area contributed by atoms with Crippen LogP contribution in [0.4, 0.5) is 5.82 Å². The molecule has 1 aliphatic heterocycles. The van der Waals surface area contributed by atoms with Gasteiger partial charge >= 0.3 is 0 Å². The third-order valence-electron chi connectivity index (χ3n) is 4.42. The monoisotopic (exact) mass is 307 g/mol. The number of hydrogen-bond acceptors (Lipinski definition) is 5. The van der Waals surface area contributed by atoms with Crippen LogP contribution in [0.25, 0.3) is 4.96 Å². The van der Waals surface area contributed by atoms with Gasteiger partial charge in [0.2, 0.25) is 0 Å². The van der Waals surface area contributed by atoms with Crippen LogP contribution in [0.15, 0.2) is 11.6 Å². The van der Waals surface area contributed by atoms with Gasteiger partial charge in [0.15, 0.2) is 10.8 Å². The maximum absolute atomic E-state index is 4.88. The van der Waals surface area contributed by atoms with Gasteiger partial charge in [0.05, 0.1) is 5.69 Å². The van der Waals surface area contributed by atoms with Crippen LogP contribution in [0.5, 0.6) is 0 Å². The Hall–Kier alpha value is -1.11. The first-order valence-electron chi connectivity index (χ1n) is 7.68. The number of anilines is 1. The predicted octanol–water partition coefficient (Wildman–Crippen LogP) is 1.89. The molecule has 1 N–H and O–H groups in total. The first kappa shape index (κ1) is 14.8.